The first-order valence-corrected chi connectivity index (χ1v) is 18.4. The van der Waals surface area contributed by atoms with E-state index in [-0.39, 0.29) is 0 Å². The maximum atomic E-state index is 5.39. The zero-order valence-electron chi connectivity index (χ0n) is 28.0. The molecule has 52 heavy (non-hydrogen) atoms. The average molecular weight is 680 g/mol. The highest BCUT2D eigenvalue weighted by Gasteiger charge is 2.19. The number of aromatic nitrogens is 3. The van der Waals surface area contributed by atoms with Gasteiger partial charge in [0.25, 0.3) is 0 Å². The van der Waals surface area contributed by atoms with Gasteiger partial charge in [0, 0.05) is 42.8 Å². The predicted octanol–water partition coefficient (Wildman–Crippen LogP) is 13.3. The van der Waals surface area contributed by atoms with Crippen LogP contribution in [0.1, 0.15) is 0 Å². The van der Waals surface area contributed by atoms with E-state index in [1.165, 1.54) is 64.7 Å². The molecule has 242 valence electrons. The van der Waals surface area contributed by atoms with Crippen LogP contribution in [0, 0.1) is 0 Å². The van der Waals surface area contributed by atoms with Crippen LogP contribution in [0.3, 0.4) is 0 Å². The Hall–Kier alpha value is -6.62. The standard InChI is InChI=1S/C48H29N3S/c1-2-12-30(13-3-1)31-24-26-33(27-25-31)45-37-16-6-7-21-40(37)49-48(50-45)39-20-11-18-36-35-17-10-19-38-44-34-15-5-4-14-32(34)28-29-42(44)51(46(35)38)41-22-8-9-23-43(41)52-47(36)39/h1-29H. The Morgan fingerprint density at radius 3 is 2.00 bits per heavy atom. The van der Waals surface area contributed by atoms with Crippen LogP contribution in [0.5, 0.6) is 0 Å². The maximum Gasteiger partial charge on any atom is 0.161 e. The number of nitrogens with zero attached hydrogens (tertiary/aromatic N) is 3. The molecule has 3 aromatic heterocycles. The van der Waals surface area contributed by atoms with E-state index in [0.717, 1.165) is 38.2 Å². The van der Waals surface area contributed by atoms with E-state index in [1.54, 1.807) is 0 Å². The van der Waals surface area contributed by atoms with Crippen LogP contribution in [0.4, 0.5) is 0 Å². The number of rotatable bonds is 3. The quantitative estimate of drug-likeness (QED) is 0.186. The minimum atomic E-state index is 0.724. The number of fused-ring (bicyclic) bond motifs is 10. The summed E-state index contributed by atoms with van der Waals surface area (Å²) < 4.78 is 4.83. The summed E-state index contributed by atoms with van der Waals surface area (Å²) in [6.45, 7) is 0. The van der Waals surface area contributed by atoms with Gasteiger partial charge >= 0.3 is 0 Å². The van der Waals surface area contributed by atoms with Gasteiger partial charge in [-0.3, -0.25) is 0 Å². The van der Waals surface area contributed by atoms with Crippen LogP contribution in [0.25, 0.3) is 103 Å². The Labute approximate surface area is 303 Å². The van der Waals surface area contributed by atoms with Crippen molar-refractivity contribution in [1.29, 1.82) is 0 Å². The molecule has 0 fully saturated rings. The van der Waals surface area contributed by atoms with Crippen molar-refractivity contribution in [3.8, 4) is 33.8 Å². The third-order valence-electron chi connectivity index (χ3n) is 10.4. The van der Waals surface area contributed by atoms with Gasteiger partial charge < -0.3 is 4.40 Å². The molecule has 0 amide bonds. The molecule has 8 aromatic carbocycles. The molecule has 3 nitrogen and oxygen atoms in total. The van der Waals surface area contributed by atoms with Crippen LogP contribution in [-0.4, -0.2) is 14.4 Å². The van der Waals surface area contributed by atoms with E-state index in [9.17, 15) is 0 Å². The molecule has 0 aliphatic heterocycles. The highest BCUT2D eigenvalue weighted by molar-refractivity contribution is 7.24. The normalized spacial score (nSPS) is 11.8. The minimum Gasteiger partial charge on any atom is -0.307 e. The van der Waals surface area contributed by atoms with Gasteiger partial charge in [-0.05, 0) is 52.2 Å². The summed E-state index contributed by atoms with van der Waals surface area (Å²) in [4.78, 5) is 10.6. The summed E-state index contributed by atoms with van der Waals surface area (Å²) >= 11 is 1.81. The molecular formula is C48H29N3S. The van der Waals surface area contributed by atoms with E-state index in [1.807, 2.05) is 11.3 Å². The molecule has 0 aliphatic rings. The number of para-hydroxylation sites is 3. The van der Waals surface area contributed by atoms with Crippen molar-refractivity contribution in [3.05, 3.63) is 176 Å². The summed E-state index contributed by atoms with van der Waals surface area (Å²) in [5.41, 5.74) is 9.95. The van der Waals surface area contributed by atoms with Gasteiger partial charge in [-0.15, -0.1) is 11.3 Å². The lowest BCUT2D eigenvalue weighted by Crippen LogP contribution is -1.96. The Kier molecular flexibility index (Phi) is 6.42. The second-order valence-corrected chi connectivity index (χ2v) is 14.4. The Morgan fingerprint density at radius 2 is 1.10 bits per heavy atom. The summed E-state index contributed by atoms with van der Waals surface area (Å²) in [6, 6.07) is 63.1. The van der Waals surface area contributed by atoms with Crippen molar-refractivity contribution in [2.45, 2.75) is 0 Å². The van der Waals surface area contributed by atoms with Gasteiger partial charge in [-0.1, -0.05) is 146 Å². The van der Waals surface area contributed by atoms with Crippen molar-refractivity contribution in [2.24, 2.45) is 0 Å². The SMILES string of the molecule is c1ccc(-c2ccc(-c3nc(-c4cccc5c4sc4ccccc4n4c6ccc7ccccc7c6c6cccc5c64)nc4ccccc34)cc2)cc1. The maximum absolute atomic E-state index is 5.39. The molecule has 3 heterocycles. The van der Waals surface area contributed by atoms with Crippen molar-refractivity contribution in [1.82, 2.24) is 14.4 Å². The molecule has 0 radical (unpaired) electrons. The van der Waals surface area contributed by atoms with E-state index in [4.69, 9.17) is 9.97 Å². The number of hydrogen-bond acceptors (Lipinski definition) is 3. The van der Waals surface area contributed by atoms with Crippen LogP contribution in [0.15, 0.2) is 176 Å². The second kappa shape index (κ2) is 11.5. The summed E-state index contributed by atoms with van der Waals surface area (Å²) in [5.74, 6) is 0.724. The number of hydrogen-bond donors (Lipinski definition) is 0. The van der Waals surface area contributed by atoms with Gasteiger partial charge in [0.1, 0.15) is 0 Å². The third-order valence-corrected chi connectivity index (χ3v) is 11.6. The first-order valence-electron chi connectivity index (χ1n) is 17.6. The van der Waals surface area contributed by atoms with Crippen molar-refractivity contribution in [2.75, 3.05) is 0 Å². The third kappa shape index (κ3) is 4.38. The molecule has 0 atom stereocenters. The lowest BCUT2D eigenvalue weighted by atomic mass is 10.0. The lowest BCUT2D eigenvalue weighted by molar-refractivity contribution is 1.24. The van der Waals surface area contributed by atoms with E-state index in [0.29, 0.717) is 0 Å². The largest absolute Gasteiger partial charge is 0.307 e. The molecule has 11 aromatic rings. The number of benzene rings is 8. The predicted molar refractivity (Wildman–Crippen MR) is 221 cm³/mol. The highest BCUT2D eigenvalue weighted by atomic mass is 32.1. The van der Waals surface area contributed by atoms with Gasteiger partial charge in [0.15, 0.2) is 5.82 Å². The smallest absolute Gasteiger partial charge is 0.161 e. The van der Waals surface area contributed by atoms with Crippen molar-refractivity contribution < 1.29 is 0 Å². The Balaban J connectivity index is 1.23. The van der Waals surface area contributed by atoms with E-state index < -0.39 is 0 Å². The molecule has 0 bridgehead atoms. The molecule has 11 rings (SSSR count). The average Bonchev–Trinajstić information content (AvgIpc) is 3.55. The van der Waals surface area contributed by atoms with Gasteiger partial charge in [-0.2, -0.15) is 0 Å². The Bertz CT molecular complexity index is 3230. The molecule has 0 N–H and O–H groups in total. The first-order chi connectivity index (χ1) is 25.8. The molecule has 0 saturated heterocycles. The topological polar surface area (TPSA) is 30.2 Å². The van der Waals surface area contributed by atoms with E-state index in [2.05, 4.69) is 180 Å². The fraction of sp³-hybridized carbons (Fsp3) is 0. The van der Waals surface area contributed by atoms with Crippen LogP contribution in [0.2, 0.25) is 0 Å². The fourth-order valence-electron chi connectivity index (χ4n) is 8.05. The van der Waals surface area contributed by atoms with Gasteiger partial charge in [0.2, 0.25) is 0 Å². The first kappa shape index (κ1) is 29.1. The van der Waals surface area contributed by atoms with Crippen LogP contribution >= 0.6 is 11.3 Å². The summed E-state index contributed by atoms with van der Waals surface area (Å²) in [5, 5.41) is 8.49. The molecule has 4 heteroatoms. The summed E-state index contributed by atoms with van der Waals surface area (Å²) in [6.07, 6.45) is 0. The zero-order chi connectivity index (χ0) is 34.2. The second-order valence-electron chi connectivity index (χ2n) is 13.3. The minimum absolute atomic E-state index is 0.724. The van der Waals surface area contributed by atoms with Crippen LogP contribution < -0.4 is 0 Å². The highest BCUT2D eigenvalue weighted by Crippen LogP contribution is 2.43. The molecule has 0 spiro atoms. The molecule has 0 unspecified atom stereocenters. The molecular weight excluding hydrogens is 651 g/mol. The zero-order valence-corrected chi connectivity index (χ0v) is 28.8. The van der Waals surface area contributed by atoms with Crippen molar-refractivity contribution in [3.63, 3.8) is 0 Å². The fourth-order valence-corrected chi connectivity index (χ4v) is 9.23. The molecule has 0 aliphatic carbocycles. The van der Waals surface area contributed by atoms with Gasteiger partial charge in [-0.25, -0.2) is 9.97 Å². The van der Waals surface area contributed by atoms with Gasteiger partial charge in [0.05, 0.1) is 32.5 Å². The Morgan fingerprint density at radius 1 is 0.423 bits per heavy atom. The lowest BCUT2D eigenvalue weighted by Gasteiger charge is -2.12. The van der Waals surface area contributed by atoms with Crippen molar-refractivity contribution >= 4 is 80.5 Å². The summed E-state index contributed by atoms with van der Waals surface area (Å²) in [7, 11) is 0. The van der Waals surface area contributed by atoms with E-state index >= 15 is 0 Å². The monoisotopic (exact) mass is 679 g/mol. The molecule has 0 saturated carbocycles. The van der Waals surface area contributed by atoms with Crippen LogP contribution in [-0.2, 0) is 0 Å².